The first-order valence-corrected chi connectivity index (χ1v) is 6.78. The number of nitrogens with one attached hydrogen (secondary N) is 1. The van der Waals surface area contributed by atoms with Crippen LogP contribution in [0.3, 0.4) is 0 Å². The summed E-state index contributed by atoms with van der Waals surface area (Å²) >= 11 is 0. The van der Waals surface area contributed by atoms with Crippen molar-refractivity contribution in [3.05, 3.63) is 23.9 Å². The lowest BCUT2D eigenvalue weighted by molar-refractivity contribution is 0.0728. The second-order valence-corrected chi connectivity index (χ2v) is 4.64. The number of carbonyl (C=O) groups excluding carboxylic acids is 1. The lowest BCUT2D eigenvalue weighted by Crippen LogP contribution is -2.35. The van der Waals surface area contributed by atoms with E-state index in [1.165, 1.54) is 0 Å². The maximum Gasteiger partial charge on any atom is 0.272 e. The van der Waals surface area contributed by atoms with Gasteiger partial charge in [-0.15, -0.1) is 0 Å². The number of carbonyl (C=O) groups is 1. The Hall–Kier alpha value is -1.58. The molecule has 1 aliphatic rings. The summed E-state index contributed by atoms with van der Waals surface area (Å²) in [5.41, 5.74) is 0.550. The zero-order valence-electron chi connectivity index (χ0n) is 11.1. The van der Waals surface area contributed by atoms with Gasteiger partial charge in [-0.05, 0) is 38.3 Å². The smallest absolute Gasteiger partial charge is 0.272 e. The molecule has 1 saturated heterocycles. The molecule has 2 rings (SSSR count). The van der Waals surface area contributed by atoms with Crippen LogP contribution in [0.4, 0.5) is 5.82 Å². The summed E-state index contributed by atoms with van der Waals surface area (Å²) < 4.78 is 0. The van der Waals surface area contributed by atoms with Gasteiger partial charge in [-0.2, -0.15) is 0 Å². The molecule has 1 aliphatic heterocycles. The number of rotatable bonds is 4. The number of hydrogen-bond acceptors (Lipinski definition) is 3. The number of anilines is 1. The van der Waals surface area contributed by atoms with E-state index in [0.29, 0.717) is 11.7 Å². The van der Waals surface area contributed by atoms with Crippen LogP contribution in [0.15, 0.2) is 18.2 Å². The van der Waals surface area contributed by atoms with Gasteiger partial charge in [0.2, 0.25) is 0 Å². The third-order valence-corrected chi connectivity index (χ3v) is 3.44. The highest BCUT2D eigenvalue weighted by molar-refractivity contribution is 5.93. The molecule has 1 aromatic rings. The average Bonchev–Trinajstić information content (AvgIpc) is 2.87. The largest absolute Gasteiger partial charge is 0.370 e. The van der Waals surface area contributed by atoms with Gasteiger partial charge in [-0.25, -0.2) is 4.98 Å². The van der Waals surface area contributed by atoms with E-state index in [9.17, 15) is 4.79 Å². The minimum atomic E-state index is 0.0686. The summed E-state index contributed by atoms with van der Waals surface area (Å²) in [7, 11) is 0. The van der Waals surface area contributed by atoms with Crippen LogP contribution in [0.1, 0.15) is 43.6 Å². The highest BCUT2D eigenvalue weighted by Crippen LogP contribution is 2.22. The van der Waals surface area contributed by atoms with Crippen LogP contribution in [-0.4, -0.2) is 34.9 Å². The molecule has 18 heavy (non-hydrogen) atoms. The van der Waals surface area contributed by atoms with Crippen LogP contribution in [0.25, 0.3) is 0 Å². The molecule has 2 heterocycles. The maximum absolute atomic E-state index is 12.4. The fourth-order valence-corrected chi connectivity index (χ4v) is 2.51. The van der Waals surface area contributed by atoms with Gasteiger partial charge in [0.1, 0.15) is 11.5 Å². The number of likely N-dealkylation sites (tertiary alicyclic amines) is 1. The number of amides is 1. The Morgan fingerprint density at radius 1 is 1.50 bits per heavy atom. The van der Waals surface area contributed by atoms with E-state index in [1.807, 2.05) is 24.0 Å². The first-order chi connectivity index (χ1) is 8.76. The van der Waals surface area contributed by atoms with Gasteiger partial charge < -0.3 is 10.2 Å². The highest BCUT2D eigenvalue weighted by Gasteiger charge is 2.28. The molecular weight excluding hydrogens is 226 g/mol. The Labute approximate surface area is 108 Å². The van der Waals surface area contributed by atoms with Gasteiger partial charge in [0.25, 0.3) is 5.91 Å². The summed E-state index contributed by atoms with van der Waals surface area (Å²) in [5, 5.41) is 3.14. The van der Waals surface area contributed by atoms with Crippen molar-refractivity contribution in [2.45, 2.75) is 39.2 Å². The Bertz CT molecular complexity index is 419. The summed E-state index contributed by atoms with van der Waals surface area (Å²) in [6.45, 7) is 5.83. The number of pyridine rings is 1. The van der Waals surface area contributed by atoms with Crippen LogP contribution < -0.4 is 5.32 Å². The zero-order chi connectivity index (χ0) is 13.0. The first-order valence-electron chi connectivity index (χ1n) is 6.78. The third kappa shape index (κ3) is 2.63. The minimum absolute atomic E-state index is 0.0686. The number of hydrogen-bond donors (Lipinski definition) is 1. The van der Waals surface area contributed by atoms with Gasteiger partial charge in [-0.3, -0.25) is 4.79 Å². The second-order valence-electron chi connectivity index (χ2n) is 4.64. The lowest BCUT2D eigenvalue weighted by atomic mass is 10.1. The van der Waals surface area contributed by atoms with E-state index in [0.717, 1.165) is 38.2 Å². The minimum Gasteiger partial charge on any atom is -0.370 e. The molecule has 1 N–H and O–H groups in total. The monoisotopic (exact) mass is 247 g/mol. The normalized spacial score (nSPS) is 19.0. The maximum atomic E-state index is 12.4. The van der Waals surface area contributed by atoms with Crippen molar-refractivity contribution in [2.24, 2.45) is 0 Å². The molecule has 98 valence electrons. The molecule has 0 aromatic carbocycles. The Morgan fingerprint density at radius 3 is 3.06 bits per heavy atom. The van der Waals surface area contributed by atoms with Crippen molar-refractivity contribution in [2.75, 3.05) is 18.4 Å². The summed E-state index contributed by atoms with van der Waals surface area (Å²) in [6.07, 6.45) is 3.25. The average molecular weight is 247 g/mol. The van der Waals surface area contributed by atoms with E-state index in [-0.39, 0.29) is 5.91 Å². The first kappa shape index (κ1) is 12.9. The molecule has 0 saturated carbocycles. The summed E-state index contributed by atoms with van der Waals surface area (Å²) in [6, 6.07) is 5.97. The predicted octanol–water partition coefficient (Wildman–Crippen LogP) is 2.53. The molecule has 4 nitrogen and oxygen atoms in total. The standard InChI is InChI=1S/C14H21N3O/c1-3-11-7-6-10-17(11)14(18)12-8-5-9-13(16-12)15-4-2/h5,8-9,11H,3-4,6-7,10H2,1-2H3,(H,15,16). The molecule has 1 fully saturated rings. The van der Waals surface area contributed by atoms with E-state index >= 15 is 0 Å². The van der Waals surface area contributed by atoms with Gasteiger partial charge in [0, 0.05) is 19.1 Å². The lowest BCUT2D eigenvalue weighted by Gasteiger charge is -2.23. The van der Waals surface area contributed by atoms with E-state index in [1.54, 1.807) is 6.07 Å². The van der Waals surface area contributed by atoms with Crippen molar-refractivity contribution in [1.82, 2.24) is 9.88 Å². The molecule has 0 spiro atoms. The molecule has 1 amide bonds. The Kier molecular flexibility index (Phi) is 4.18. The van der Waals surface area contributed by atoms with Crippen LogP contribution in [0, 0.1) is 0 Å². The van der Waals surface area contributed by atoms with Crippen LogP contribution in [-0.2, 0) is 0 Å². The molecule has 0 radical (unpaired) electrons. The van der Waals surface area contributed by atoms with Gasteiger partial charge in [-0.1, -0.05) is 13.0 Å². The second kappa shape index (κ2) is 5.85. The predicted molar refractivity (Wildman–Crippen MR) is 72.8 cm³/mol. The third-order valence-electron chi connectivity index (χ3n) is 3.44. The molecule has 1 atom stereocenters. The SMILES string of the molecule is CCNc1cccc(C(=O)N2CCCC2CC)n1. The highest BCUT2D eigenvalue weighted by atomic mass is 16.2. The fraction of sp³-hybridized carbons (Fsp3) is 0.571. The summed E-state index contributed by atoms with van der Waals surface area (Å²) in [4.78, 5) is 18.8. The Morgan fingerprint density at radius 2 is 2.33 bits per heavy atom. The van der Waals surface area contributed by atoms with Crippen molar-refractivity contribution >= 4 is 11.7 Å². The van der Waals surface area contributed by atoms with Crippen molar-refractivity contribution in [1.29, 1.82) is 0 Å². The molecule has 0 bridgehead atoms. The van der Waals surface area contributed by atoms with Gasteiger partial charge in [0.05, 0.1) is 0 Å². The topological polar surface area (TPSA) is 45.2 Å². The van der Waals surface area contributed by atoms with Gasteiger partial charge >= 0.3 is 0 Å². The Balaban J connectivity index is 2.15. The van der Waals surface area contributed by atoms with E-state index < -0.39 is 0 Å². The fourth-order valence-electron chi connectivity index (χ4n) is 2.51. The van der Waals surface area contributed by atoms with Crippen molar-refractivity contribution < 1.29 is 4.79 Å². The van der Waals surface area contributed by atoms with E-state index in [4.69, 9.17) is 0 Å². The van der Waals surface area contributed by atoms with Crippen LogP contribution >= 0.6 is 0 Å². The molecule has 1 aromatic heterocycles. The van der Waals surface area contributed by atoms with Gasteiger partial charge in [0.15, 0.2) is 0 Å². The molecule has 4 heteroatoms. The molecule has 1 unspecified atom stereocenters. The van der Waals surface area contributed by atoms with Crippen molar-refractivity contribution in [3.63, 3.8) is 0 Å². The number of aromatic nitrogens is 1. The molecular formula is C14H21N3O. The zero-order valence-corrected chi connectivity index (χ0v) is 11.1. The van der Waals surface area contributed by atoms with Crippen LogP contribution in [0.2, 0.25) is 0 Å². The molecule has 0 aliphatic carbocycles. The summed E-state index contributed by atoms with van der Waals surface area (Å²) in [5.74, 6) is 0.842. The van der Waals surface area contributed by atoms with E-state index in [2.05, 4.69) is 17.2 Å². The van der Waals surface area contributed by atoms with Crippen LogP contribution in [0.5, 0.6) is 0 Å². The van der Waals surface area contributed by atoms with Crippen molar-refractivity contribution in [3.8, 4) is 0 Å². The quantitative estimate of drug-likeness (QED) is 0.889. The number of nitrogens with zero attached hydrogens (tertiary/aromatic N) is 2.